The maximum Gasteiger partial charge on any atom is 0.270 e. The zero-order valence-electron chi connectivity index (χ0n) is 17.2. The highest BCUT2D eigenvalue weighted by Crippen LogP contribution is 2.19. The third-order valence-corrected chi connectivity index (χ3v) is 5.24. The molecule has 3 heterocycles. The molecular weight excluding hydrogens is 412 g/mol. The van der Waals surface area contributed by atoms with Crippen LogP contribution in [0.25, 0.3) is 10.9 Å². The number of carbonyl (C=O) groups excluding carboxylic acids is 1. The lowest BCUT2D eigenvalue weighted by atomic mass is 10.1. The first-order valence-electron chi connectivity index (χ1n) is 9.76. The van der Waals surface area contributed by atoms with E-state index in [1.165, 1.54) is 0 Å². The van der Waals surface area contributed by atoms with Crippen LogP contribution in [0.2, 0.25) is 5.02 Å². The van der Waals surface area contributed by atoms with Gasteiger partial charge in [0.1, 0.15) is 17.3 Å². The highest BCUT2D eigenvalue weighted by atomic mass is 35.5. The van der Waals surface area contributed by atoms with Gasteiger partial charge in [0, 0.05) is 41.5 Å². The summed E-state index contributed by atoms with van der Waals surface area (Å²) < 4.78 is 0. The molecule has 0 fully saturated rings. The van der Waals surface area contributed by atoms with Gasteiger partial charge in [0.05, 0.1) is 5.52 Å². The van der Waals surface area contributed by atoms with E-state index in [1.54, 1.807) is 24.5 Å². The number of nitrogens with zero attached hydrogens (tertiary/aromatic N) is 4. The molecule has 0 aliphatic heterocycles. The zero-order valence-corrected chi connectivity index (χ0v) is 17.9. The summed E-state index contributed by atoms with van der Waals surface area (Å²) in [5.41, 5.74) is 10.6. The lowest BCUT2D eigenvalue weighted by Crippen LogP contribution is -2.25. The number of amides is 1. The van der Waals surface area contributed by atoms with Crippen LogP contribution in [0.5, 0.6) is 0 Å². The molecule has 0 saturated heterocycles. The summed E-state index contributed by atoms with van der Waals surface area (Å²) in [6.45, 7) is 4.16. The van der Waals surface area contributed by atoms with Gasteiger partial charge < -0.3 is 11.1 Å². The van der Waals surface area contributed by atoms with Crippen LogP contribution in [0.15, 0.2) is 48.8 Å². The van der Waals surface area contributed by atoms with Gasteiger partial charge >= 0.3 is 0 Å². The molecular formula is C23H21ClN6O. The van der Waals surface area contributed by atoms with Crippen molar-refractivity contribution in [3.05, 3.63) is 87.7 Å². The number of nitrogens with one attached hydrogen (secondary N) is 1. The Labute approximate surface area is 184 Å². The minimum atomic E-state index is -0.275. The predicted molar refractivity (Wildman–Crippen MR) is 121 cm³/mol. The quantitative estimate of drug-likeness (QED) is 0.496. The molecule has 156 valence electrons. The number of hydrogen-bond donors (Lipinski definition) is 2. The Bertz CT molecular complexity index is 1270. The van der Waals surface area contributed by atoms with Crippen molar-refractivity contribution in [2.75, 3.05) is 5.73 Å². The van der Waals surface area contributed by atoms with Gasteiger partial charge in [-0.25, -0.2) is 15.0 Å². The van der Waals surface area contributed by atoms with Gasteiger partial charge in [-0.3, -0.25) is 9.78 Å². The molecule has 0 aliphatic rings. The Morgan fingerprint density at radius 1 is 1.10 bits per heavy atom. The van der Waals surface area contributed by atoms with E-state index >= 15 is 0 Å². The first kappa shape index (κ1) is 20.7. The van der Waals surface area contributed by atoms with E-state index < -0.39 is 0 Å². The highest BCUT2D eigenvalue weighted by molar-refractivity contribution is 6.31. The van der Waals surface area contributed by atoms with E-state index in [4.69, 9.17) is 17.3 Å². The van der Waals surface area contributed by atoms with Gasteiger partial charge in [0.2, 0.25) is 0 Å². The van der Waals surface area contributed by atoms with Crippen molar-refractivity contribution in [2.45, 2.75) is 26.8 Å². The van der Waals surface area contributed by atoms with Crippen molar-refractivity contribution in [2.24, 2.45) is 0 Å². The van der Waals surface area contributed by atoms with Crippen molar-refractivity contribution in [3.8, 4) is 0 Å². The van der Waals surface area contributed by atoms with Crippen molar-refractivity contribution in [1.29, 1.82) is 0 Å². The number of benzene rings is 1. The minimum Gasteiger partial charge on any atom is -0.384 e. The molecule has 7 nitrogen and oxygen atoms in total. The molecule has 3 N–H and O–H groups in total. The molecule has 4 rings (SSSR count). The second-order valence-electron chi connectivity index (χ2n) is 7.33. The third-order valence-electron chi connectivity index (χ3n) is 5.00. The van der Waals surface area contributed by atoms with E-state index in [1.807, 2.05) is 38.1 Å². The molecule has 1 aromatic carbocycles. The van der Waals surface area contributed by atoms with Crippen molar-refractivity contribution < 1.29 is 4.79 Å². The normalized spacial score (nSPS) is 10.9. The standard InChI is InChI=1S/C23H21ClN6O/c1-13-7-21(25)29-14(2)18(13)12-28-23(31)20-5-6-26-22(30-20)9-15-8-16-10-17(24)3-4-19(16)27-11-15/h3-8,10-11H,9,12H2,1-2H3,(H2,25,29)(H,28,31). The average Bonchev–Trinajstić information content (AvgIpc) is 2.72. The van der Waals surface area contributed by atoms with Gasteiger partial charge in [-0.05, 0) is 66.9 Å². The highest BCUT2D eigenvalue weighted by Gasteiger charge is 2.12. The minimum absolute atomic E-state index is 0.275. The number of hydrogen-bond acceptors (Lipinski definition) is 6. The van der Waals surface area contributed by atoms with Crippen LogP contribution < -0.4 is 11.1 Å². The number of rotatable bonds is 5. The predicted octanol–water partition coefficient (Wildman–Crippen LogP) is 3.79. The summed E-state index contributed by atoms with van der Waals surface area (Å²) in [7, 11) is 0. The number of carbonyl (C=O) groups is 1. The van der Waals surface area contributed by atoms with Crippen molar-refractivity contribution in [3.63, 3.8) is 0 Å². The summed E-state index contributed by atoms with van der Waals surface area (Å²) in [5, 5.41) is 4.50. The van der Waals surface area contributed by atoms with Crippen LogP contribution in [-0.4, -0.2) is 25.8 Å². The number of halogens is 1. The van der Waals surface area contributed by atoms with E-state index in [-0.39, 0.29) is 5.91 Å². The lowest BCUT2D eigenvalue weighted by molar-refractivity contribution is 0.0945. The maximum absolute atomic E-state index is 12.7. The number of fused-ring (bicyclic) bond motifs is 1. The fourth-order valence-corrected chi connectivity index (χ4v) is 3.63. The van der Waals surface area contributed by atoms with E-state index in [0.29, 0.717) is 35.3 Å². The summed E-state index contributed by atoms with van der Waals surface area (Å²) in [6, 6.07) is 11.0. The van der Waals surface area contributed by atoms with Crippen LogP contribution in [0.3, 0.4) is 0 Å². The van der Waals surface area contributed by atoms with Crippen LogP contribution in [-0.2, 0) is 13.0 Å². The Balaban J connectivity index is 1.48. The van der Waals surface area contributed by atoms with E-state index in [9.17, 15) is 4.79 Å². The van der Waals surface area contributed by atoms with Crippen LogP contribution in [0.4, 0.5) is 5.82 Å². The van der Waals surface area contributed by atoms with E-state index in [0.717, 1.165) is 33.3 Å². The molecule has 0 radical (unpaired) electrons. The second kappa shape index (κ2) is 8.65. The fourth-order valence-electron chi connectivity index (χ4n) is 3.45. The fraction of sp³-hybridized carbons (Fsp3) is 0.174. The number of nitrogen functional groups attached to an aromatic ring is 1. The molecule has 0 bridgehead atoms. The van der Waals surface area contributed by atoms with E-state index in [2.05, 4.69) is 25.3 Å². The zero-order chi connectivity index (χ0) is 22.0. The first-order chi connectivity index (χ1) is 14.9. The second-order valence-corrected chi connectivity index (χ2v) is 7.76. The molecule has 0 aliphatic carbocycles. The number of anilines is 1. The molecule has 0 saturated carbocycles. The summed E-state index contributed by atoms with van der Waals surface area (Å²) in [5.74, 6) is 0.732. The number of aryl methyl sites for hydroxylation is 2. The molecule has 31 heavy (non-hydrogen) atoms. The van der Waals surface area contributed by atoms with Crippen LogP contribution in [0, 0.1) is 13.8 Å². The molecule has 8 heteroatoms. The van der Waals surface area contributed by atoms with Gasteiger partial charge in [0.25, 0.3) is 5.91 Å². The average molecular weight is 433 g/mol. The van der Waals surface area contributed by atoms with Gasteiger partial charge in [-0.15, -0.1) is 0 Å². The number of nitrogens with two attached hydrogens (primary N) is 1. The smallest absolute Gasteiger partial charge is 0.270 e. The Hall–Kier alpha value is -3.58. The summed E-state index contributed by atoms with van der Waals surface area (Å²) in [6.07, 6.45) is 3.83. The molecule has 0 unspecified atom stereocenters. The van der Waals surface area contributed by atoms with Crippen LogP contribution >= 0.6 is 11.6 Å². The summed E-state index contributed by atoms with van der Waals surface area (Å²) >= 11 is 6.08. The molecule has 3 aromatic heterocycles. The maximum atomic E-state index is 12.7. The van der Waals surface area contributed by atoms with Crippen molar-refractivity contribution in [1.82, 2.24) is 25.3 Å². The molecule has 0 atom stereocenters. The molecule has 4 aromatic rings. The largest absolute Gasteiger partial charge is 0.384 e. The van der Waals surface area contributed by atoms with Gasteiger partial charge in [-0.2, -0.15) is 0 Å². The topological polar surface area (TPSA) is 107 Å². The van der Waals surface area contributed by atoms with Gasteiger partial charge in [0.15, 0.2) is 0 Å². The number of pyridine rings is 2. The lowest BCUT2D eigenvalue weighted by Gasteiger charge is -2.11. The molecule has 0 spiro atoms. The Morgan fingerprint density at radius 3 is 2.74 bits per heavy atom. The third kappa shape index (κ3) is 4.78. The molecule has 1 amide bonds. The SMILES string of the molecule is Cc1cc(N)nc(C)c1CNC(=O)c1ccnc(Cc2cnc3ccc(Cl)cc3c2)n1. The monoisotopic (exact) mass is 432 g/mol. The summed E-state index contributed by atoms with van der Waals surface area (Å²) in [4.78, 5) is 30.1. The number of aromatic nitrogens is 4. The first-order valence-corrected chi connectivity index (χ1v) is 10.1. The Morgan fingerprint density at radius 2 is 1.94 bits per heavy atom. The van der Waals surface area contributed by atoms with Crippen LogP contribution in [0.1, 0.15) is 38.7 Å². The Kier molecular flexibility index (Phi) is 5.77. The van der Waals surface area contributed by atoms with Gasteiger partial charge in [-0.1, -0.05) is 11.6 Å². The van der Waals surface area contributed by atoms with Crippen molar-refractivity contribution >= 4 is 34.2 Å².